The molecule has 1 saturated heterocycles. The molecule has 1 aromatic carbocycles. The molecule has 1 aliphatic rings. The smallest absolute Gasteiger partial charge is 0.238 e. The van der Waals surface area contributed by atoms with E-state index in [0.29, 0.717) is 6.54 Å². The normalized spacial score (nSPS) is 17.8. The van der Waals surface area contributed by atoms with Gasteiger partial charge in [-0.05, 0) is 12.6 Å². The van der Waals surface area contributed by atoms with E-state index in [2.05, 4.69) is 17.6 Å². The minimum Gasteiger partial charge on any atom is -0.336 e. The number of carbonyl (C=O) groups is 1. The Labute approximate surface area is 95.8 Å². The Hall–Kier alpha value is -1.39. The molecule has 1 heterocycles. The maximum atomic E-state index is 11.8. The van der Waals surface area contributed by atoms with E-state index >= 15 is 0 Å². The Morgan fingerprint density at radius 3 is 2.62 bits per heavy atom. The summed E-state index contributed by atoms with van der Waals surface area (Å²) < 4.78 is 0. The summed E-state index contributed by atoms with van der Waals surface area (Å²) in [5.74, 6) is 0.185. The van der Waals surface area contributed by atoms with Crippen LogP contribution >= 0.6 is 0 Å². The molecule has 16 heavy (non-hydrogen) atoms. The van der Waals surface area contributed by atoms with Crippen molar-refractivity contribution in [3.8, 4) is 0 Å². The lowest BCUT2D eigenvalue weighted by Crippen LogP contribution is -2.53. The van der Waals surface area contributed by atoms with Gasteiger partial charge < -0.3 is 4.90 Å². The first-order chi connectivity index (χ1) is 7.79. The largest absolute Gasteiger partial charge is 0.336 e. The third-order valence-electron chi connectivity index (χ3n) is 2.85. The molecular weight excluding hydrogens is 202 g/mol. The number of rotatable bonds is 3. The summed E-state index contributed by atoms with van der Waals surface area (Å²) in [6.07, 6.45) is 0. The van der Waals surface area contributed by atoms with E-state index < -0.39 is 0 Å². The second kappa shape index (κ2) is 5.09. The number of carbonyl (C=O) groups excluding carboxylic acids is 1. The topological polar surface area (TPSA) is 35.6 Å². The predicted octanol–water partition coefficient (Wildman–Crippen LogP) is 0.465. The molecule has 86 valence electrons. The van der Waals surface area contributed by atoms with Crippen molar-refractivity contribution in [2.75, 3.05) is 26.7 Å². The van der Waals surface area contributed by atoms with E-state index in [4.69, 9.17) is 0 Å². The second-order valence-electron chi connectivity index (χ2n) is 3.95. The van der Waals surface area contributed by atoms with Gasteiger partial charge in [0, 0.05) is 19.6 Å². The number of nitrogens with one attached hydrogen (secondary N) is 1. The number of benzene rings is 1. The zero-order valence-corrected chi connectivity index (χ0v) is 9.52. The standard InChI is InChI=1S/C12H17N3O/c1-13-15-8-7-14(12(16)10-15)9-11-5-3-2-4-6-11/h2-6,13H,7-10H2,1H3. The van der Waals surface area contributed by atoms with Crippen molar-refractivity contribution in [2.24, 2.45) is 0 Å². The molecule has 1 fully saturated rings. The van der Waals surface area contributed by atoms with Crippen molar-refractivity contribution < 1.29 is 4.79 Å². The number of hydrazine groups is 1. The maximum Gasteiger partial charge on any atom is 0.238 e. The van der Waals surface area contributed by atoms with Crippen molar-refractivity contribution >= 4 is 5.91 Å². The molecule has 0 aromatic heterocycles. The molecular formula is C12H17N3O. The number of amides is 1. The van der Waals surface area contributed by atoms with Crippen LogP contribution in [0.3, 0.4) is 0 Å². The summed E-state index contributed by atoms with van der Waals surface area (Å²) in [7, 11) is 1.85. The van der Waals surface area contributed by atoms with E-state index in [0.717, 1.165) is 19.6 Å². The SMILES string of the molecule is CNN1CCN(Cc2ccccc2)C(=O)C1. The van der Waals surface area contributed by atoms with E-state index in [1.54, 1.807) is 0 Å². The Balaban J connectivity index is 1.94. The average Bonchev–Trinajstić information content (AvgIpc) is 2.33. The summed E-state index contributed by atoms with van der Waals surface area (Å²) in [6, 6.07) is 10.1. The van der Waals surface area contributed by atoms with Crippen LogP contribution in [0.1, 0.15) is 5.56 Å². The van der Waals surface area contributed by atoms with Crippen LogP contribution in [0, 0.1) is 0 Å². The molecule has 0 unspecified atom stereocenters. The third kappa shape index (κ3) is 2.59. The molecule has 0 radical (unpaired) electrons. The quantitative estimate of drug-likeness (QED) is 0.802. The predicted molar refractivity (Wildman–Crippen MR) is 62.5 cm³/mol. The minimum atomic E-state index is 0.185. The van der Waals surface area contributed by atoms with Gasteiger partial charge in [-0.3, -0.25) is 10.2 Å². The van der Waals surface area contributed by atoms with Gasteiger partial charge in [-0.2, -0.15) is 0 Å². The van der Waals surface area contributed by atoms with Crippen molar-refractivity contribution in [3.63, 3.8) is 0 Å². The summed E-state index contributed by atoms with van der Waals surface area (Å²) >= 11 is 0. The van der Waals surface area contributed by atoms with E-state index in [1.807, 2.05) is 35.2 Å². The fourth-order valence-corrected chi connectivity index (χ4v) is 1.87. The van der Waals surface area contributed by atoms with E-state index in [9.17, 15) is 4.79 Å². The Morgan fingerprint density at radius 1 is 1.25 bits per heavy atom. The first-order valence-corrected chi connectivity index (χ1v) is 5.53. The molecule has 1 N–H and O–H groups in total. The lowest BCUT2D eigenvalue weighted by atomic mass is 10.2. The Bertz CT molecular complexity index is 353. The molecule has 4 nitrogen and oxygen atoms in total. The van der Waals surface area contributed by atoms with Crippen molar-refractivity contribution in [2.45, 2.75) is 6.54 Å². The highest BCUT2D eigenvalue weighted by Crippen LogP contribution is 2.08. The van der Waals surface area contributed by atoms with Crippen LogP contribution in [0.5, 0.6) is 0 Å². The molecule has 0 atom stereocenters. The molecule has 4 heteroatoms. The maximum absolute atomic E-state index is 11.8. The van der Waals surface area contributed by atoms with Crippen molar-refractivity contribution in [1.82, 2.24) is 15.3 Å². The van der Waals surface area contributed by atoms with Crippen LogP contribution in [0.25, 0.3) is 0 Å². The van der Waals surface area contributed by atoms with E-state index in [-0.39, 0.29) is 5.91 Å². The molecule has 2 rings (SSSR count). The van der Waals surface area contributed by atoms with Crippen LogP contribution in [0.4, 0.5) is 0 Å². The highest BCUT2D eigenvalue weighted by atomic mass is 16.2. The molecule has 1 aromatic rings. The van der Waals surface area contributed by atoms with Crippen LogP contribution in [0.15, 0.2) is 30.3 Å². The highest BCUT2D eigenvalue weighted by Gasteiger charge is 2.22. The van der Waals surface area contributed by atoms with Gasteiger partial charge in [-0.15, -0.1) is 0 Å². The van der Waals surface area contributed by atoms with Crippen molar-refractivity contribution in [1.29, 1.82) is 0 Å². The molecule has 1 amide bonds. The van der Waals surface area contributed by atoms with Gasteiger partial charge in [-0.1, -0.05) is 30.3 Å². The summed E-state index contributed by atoms with van der Waals surface area (Å²) in [4.78, 5) is 13.7. The zero-order valence-electron chi connectivity index (χ0n) is 9.52. The van der Waals surface area contributed by atoms with Crippen molar-refractivity contribution in [3.05, 3.63) is 35.9 Å². The monoisotopic (exact) mass is 219 g/mol. The number of nitrogens with zero attached hydrogens (tertiary/aromatic N) is 2. The molecule has 0 spiro atoms. The van der Waals surface area contributed by atoms with Gasteiger partial charge in [0.25, 0.3) is 0 Å². The van der Waals surface area contributed by atoms with Crippen LogP contribution in [0.2, 0.25) is 0 Å². The molecule has 0 aliphatic carbocycles. The van der Waals surface area contributed by atoms with Gasteiger partial charge >= 0.3 is 0 Å². The Morgan fingerprint density at radius 2 is 2.00 bits per heavy atom. The lowest BCUT2D eigenvalue weighted by Gasteiger charge is -2.33. The van der Waals surface area contributed by atoms with Gasteiger partial charge in [-0.25, -0.2) is 5.01 Å². The summed E-state index contributed by atoms with van der Waals surface area (Å²) in [5, 5.41) is 1.93. The number of hydrogen-bond donors (Lipinski definition) is 1. The molecule has 0 bridgehead atoms. The van der Waals surface area contributed by atoms with E-state index in [1.165, 1.54) is 5.56 Å². The zero-order chi connectivity index (χ0) is 11.4. The average molecular weight is 219 g/mol. The molecule has 1 aliphatic heterocycles. The fourth-order valence-electron chi connectivity index (χ4n) is 1.87. The van der Waals surface area contributed by atoms with Crippen LogP contribution in [-0.2, 0) is 11.3 Å². The Kier molecular flexibility index (Phi) is 3.54. The van der Waals surface area contributed by atoms with Crippen LogP contribution < -0.4 is 5.43 Å². The van der Waals surface area contributed by atoms with Gasteiger partial charge in [0.2, 0.25) is 5.91 Å². The van der Waals surface area contributed by atoms with Crippen LogP contribution in [-0.4, -0.2) is 42.5 Å². The lowest BCUT2D eigenvalue weighted by molar-refractivity contribution is -0.137. The third-order valence-corrected chi connectivity index (χ3v) is 2.85. The second-order valence-corrected chi connectivity index (χ2v) is 3.95. The first kappa shape index (κ1) is 11.1. The summed E-state index contributed by atoms with van der Waals surface area (Å²) in [6.45, 7) is 2.85. The number of hydrogen-bond acceptors (Lipinski definition) is 3. The molecule has 0 saturated carbocycles. The highest BCUT2D eigenvalue weighted by molar-refractivity contribution is 5.78. The number of piperazine rings is 1. The van der Waals surface area contributed by atoms with Gasteiger partial charge in [0.05, 0.1) is 6.54 Å². The summed E-state index contributed by atoms with van der Waals surface area (Å²) in [5.41, 5.74) is 4.19. The first-order valence-electron chi connectivity index (χ1n) is 5.53. The van der Waals surface area contributed by atoms with Gasteiger partial charge in [0.15, 0.2) is 0 Å². The van der Waals surface area contributed by atoms with Gasteiger partial charge in [0.1, 0.15) is 0 Å². The minimum absolute atomic E-state index is 0.185. The fraction of sp³-hybridized carbons (Fsp3) is 0.417.